The van der Waals surface area contributed by atoms with Gasteiger partial charge < -0.3 is 23.6 Å². The van der Waals surface area contributed by atoms with E-state index in [0.29, 0.717) is 54.9 Å². The van der Waals surface area contributed by atoms with E-state index >= 15 is 0 Å². The number of benzene rings is 1. The largest absolute Gasteiger partial charge is 0.493 e. The number of piperidine rings is 1. The summed E-state index contributed by atoms with van der Waals surface area (Å²) in [4.78, 5) is 19.6. The summed E-state index contributed by atoms with van der Waals surface area (Å²) in [6.45, 7) is 3.48. The van der Waals surface area contributed by atoms with E-state index in [2.05, 4.69) is 10.1 Å². The highest BCUT2D eigenvalue weighted by Crippen LogP contribution is 2.38. The van der Waals surface area contributed by atoms with Crippen LogP contribution in [-0.4, -0.2) is 62.0 Å². The third-order valence-corrected chi connectivity index (χ3v) is 5.28. The van der Waals surface area contributed by atoms with E-state index in [9.17, 15) is 4.79 Å². The van der Waals surface area contributed by atoms with Gasteiger partial charge >= 0.3 is 0 Å². The number of carbonyl (C=O) groups is 1. The zero-order chi connectivity index (χ0) is 20.1. The van der Waals surface area contributed by atoms with Crippen molar-refractivity contribution in [2.24, 2.45) is 0 Å². The first-order valence-corrected chi connectivity index (χ1v) is 9.34. The van der Waals surface area contributed by atoms with Gasteiger partial charge in [-0.25, -0.2) is 0 Å². The number of carbonyl (C=O) groups excluding carboxylic acids is 1. The van der Waals surface area contributed by atoms with E-state index in [-0.39, 0.29) is 5.91 Å². The van der Waals surface area contributed by atoms with Crippen LogP contribution in [0.15, 0.2) is 22.7 Å². The monoisotopic (exact) mass is 389 g/mol. The van der Waals surface area contributed by atoms with E-state index in [4.69, 9.17) is 18.7 Å². The average Bonchev–Trinajstić information content (AvgIpc) is 3.18. The summed E-state index contributed by atoms with van der Waals surface area (Å²) in [5.41, 5.74) is 0.0852. The van der Waals surface area contributed by atoms with Crippen molar-refractivity contribution in [3.63, 3.8) is 0 Å². The van der Waals surface area contributed by atoms with Crippen molar-refractivity contribution in [3.05, 3.63) is 35.5 Å². The molecule has 1 unspecified atom stereocenters. The van der Waals surface area contributed by atoms with Gasteiger partial charge in [0.2, 0.25) is 5.89 Å². The molecule has 1 aliphatic heterocycles. The molecule has 1 fully saturated rings. The maximum absolute atomic E-state index is 13.3. The average molecular weight is 389 g/mol. The summed E-state index contributed by atoms with van der Waals surface area (Å²) in [5.74, 6) is 2.03. The number of likely N-dealkylation sites (tertiary alicyclic amines) is 1. The number of methoxy groups -OCH3 is 3. The molecule has 1 amide bonds. The second-order valence-corrected chi connectivity index (χ2v) is 7.03. The van der Waals surface area contributed by atoms with Gasteiger partial charge in [0.1, 0.15) is 0 Å². The van der Waals surface area contributed by atoms with E-state index < -0.39 is 5.41 Å². The Kier molecular flexibility index (Phi) is 6.18. The van der Waals surface area contributed by atoms with Crippen LogP contribution in [0, 0.1) is 6.92 Å². The molecule has 0 radical (unpaired) electrons. The number of rotatable bonds is 7. The standard InChI is InChI=1S/C20H27N3O5/c1-14-21-19(22-28-14)20(10-12-25-2)9-6-11-23(13-20)18(24)15-7-5-8-16(26-3)17(15)27-4/h5,7-8H,6,9-13H2,1-4H3. The lowest BCUT2D eigenvalue weighted by Gasteiger charge is -2.41. The molecule has 28 heavy (non-hydrogen) atoms. The maximum Gasteiger partial charge on any atom is 0.257 e. The molecule has 3 rings (SSSR count). The molecule has 0 bridgehead atoms. The van der Waals surface area contributed by atoms with Gasteiger partial charge in [0.15, 0.2) is 17.3 Å². The Balaban J connectivity index is 1.92. The normalized spacial score (nSPS) is 19.5. The molecule has 1 aliphatic rings. The zero-order valence-electron chi connectivity index (χ0n) is 16.9. The lowest BCUT2D eigenvalue weighted by Crippen LogP contribution is -2.49. The van der Waals surface area contributed by atoms with Gasteiger partial charge in [-0.1, -0.05) is 11.2 Å². The Bertz CT molecular complexity index is 822. The minimum atomic E-state index is -0.395. The van der Waals surface area contributed by atoms with Crippen LogP contribution >= 0.6 is 0 Å². The third-order valence-electron chi connectivity index (χ3n) is 5.28. The molecule has 0 N–H and O–H groups in total. The van der Waals surface area contributed by atoms with Gasteiger partial charge in [0.05, 0.1) is 25.2 Å². The number of aryl methyl sites for hydroxylation is 1. The van der Waals surface area contributed by atoms with Crippen LogP contribution in [0.4, 0.5) is 0 Å². The molecule has 0 aliphatic carbocycles. The zero-order valence-corrected chi connectivity index (χ0v) is 16.9. The minimum Gasteiger partial charge on any atom is -0.493 e. The number of nitrogens with zero attached hydrogens (tertiary/aromatic N) is 3. The molecule has 2 aromatic rings. The Morgan fingerprint density at radius 3 is 2.75 bits per heavy atom. The van der Waals surface area contributed by atoms with Crippen LogP contribution in [0.2, 0.25) is 0 Å². The molecule has 152 valence electrons. The number of aromatic nitrogens is 2. The van der Waals surface area contributed by atoms with Crippen molar-refractivity contribution in [2.45, 2.75) is 31.6 Å². The number of hydrogen-bond acceptors (Lipinski definition) is 7. The first-order chi connectivity index (χ1) is 13.5. The summed E-state index contributed by atoms with van der Waals surface area (Å²) >= 11 is 0. The molecule has 0 spiro atoms. The van der Waals surface area contributed by atoms with E-state index in [0.717, 1.165) is 12.8 Å². The molecule has 8 nitrogen and oxygen atoms in total. The van der Waals surface area contributed by atoms with Crippen molar-refractivity contribution < 1.29 is 23.5 Å². The van der Waals surface area contributed by atoms with Gasteiger partial charge in [0.25, 0.3) is 5.91 Å². The number of ether oxygens (including phenoxy) is 3. The van der Waals surface area contributed by atoms with Crippen LogP contribution in [0.25, 0.3) is 0 Å². The van der Waals surface area contributed by atoms with Crippen LogP contribution in [0.1, 0.15) is 41.3 Å². The summed E-state index contributed by atoms with van der Waals surface area (Å²) in [6.07, 6.45) is 2.42. The summed E-state index contributed by atoms with van der Waals surface area (Å²) in [6, 6.07) is 5.32. The quantitative estimate of drug-likeness (QED) is 0.719. The lowest BCUT2D eigenvalue weighted by atomic mass is 9.76. The second-order valence-electron chi connectivity index (χ2n) is 7.03. The molecule has 1 atom stereocenters. The van der Waals surface area contributed by atoms with Crippen molar-refractivity contribution in [1.82, 2.24) is 15.0 Å². The van der Waals surface area contributed by atoms with Gasteiger partial charge in [-0.05, 0) is 31.4 Å². The lowest BCUT2D eigenvalue weighted by molar-refractivity contribution is 0.0563. The van der Waals surface area contributed by atoms with Crippen LogP contribution in [0.5, 0.6) is 11.5 Å². The van der Waals surface area contributed by atoms with Crippen LogP contribution in [0.3, 0.4) is 0 Å². The minimum absolute atomic E-state index is 0.0996. The summed E-state index contributed by atoms with van der Waals surface area (Å²) < 4.78 is 21.3. The van der Waals surface area contributed by atoms with Crippen molar-refractivity contribution in [1.29, 1.82) is 0 Å². The van der Waals surface area contributed by atoms with E-state index in [1.165, 1.54) is 7.11 Å². The molecule has 0 saturated carbocycles. The molecule has 1 aromatic heterocycles. The SMILES string of the molecule is COCCC1(c2noc(C)n2)CCCN(C(=O)c2cccc(OC)c2OC)C1. The maximum atomic E-state index is 13.3. The van der Waals surface area contributed by atoms with Crippen LogP contribution in [-0.2, 0) is 10.2 Å². The highest BCUT2D eigenvalue weighted by molar-refractivity contribution is 5.98. The van der Waals surface area contributed by atoms with Crippen molar-refractivity contribution >= 4 is 5.91 Å². The molecular formula is C20H27N3O5. The van der Waals surface area contributed by atoms with Crippen molar-refractivity contribution in [2.75, 3.05) is 41.0 Å². The van der Waals surface area contributed by atoms with Crippen LogP contribution < -0.4 is 9.47 Å². The van der Waals surface area contributed by atoms with Gasteiger partial charge in [-0.2, -0.15) is 4.98 Å². The fraction of sp³-hybridized carbons (Fsp3) is 0.550. The number of amides is 1. The highest BCUT2D eigenvalue weighted by atomic mass is 16.5. The topological polar surface area (TPSA) is 86.9 Å². The second kappa shape index (κ2) is 8.60. The molecular weight excluding hydrogens is 362 g/mol. The fourth-order valence-corrected chi connectivity index (χ4v) is 3.84. The molecule has 1 aromatic carbocycles. The van der Waals surface area contributed by atoms with Gasteiger partial charge in [-0.15, -0.1) is 0 Å². The predicted octanol–water partition coefficient (Wildman–Crippen LogP) is 2.61. The molecule has 1 saturated heterocycles. The Hall–Kier alpha value is -2.61. The first-order valence-electron chi connectivity index (χ1n) is 9.34. The number of para-hydroxylation sites is 1. The molecule has 2 heterocycles. The van der Waals surface area contributed by atoms with Crippen molar-refractivity contribution in [3.8, 4) is 11.5 Å². The smallest absolute Gasteiger partial charge is 0.257 e. The summed E-state index contributed by atoms with van der Waals surface area (Å²) in [7, 11) is 4.76. The Labute approximate surface area is 164 Å². The van der Waals surface area contributed by atoms with Gasteiger partial charge in [-0.3, -0.25) is 4.79 Å². The highest BCUT2D eigenvalue weighted by Gasteiger charge is 2.42. The Morgan fingerprint density at radius 2 is 2.11 bits per heavy atom. The Morgan fingerprint density at radius 1 is 1.29 bits per heavy atom. The fourth-order valence-electron chi connectivity index (χ4n) is 3.84. The number of hydrogen-bond donors (Lipinski definition) is 0. The third kappa shape index (κ3) is 3.82. The predicted molar refractivity (Wildman–Crippen MR) is 102 cm³/mol. The first kappa shape index (κ1) is 20.1. The van der Waals surface area contributed by atoms with E-state index in [1.54, 1.807) is 39.3 Å². The summed E-state index contributed by atoms with van der Waals surface area (Å²) in [5, 5.41) is 4.17. The molecule has 8 heteroatoms. The van der Waals surface area contributed by atoms with E-state index in [1.807, 2.05) is 4.90 Å². The van der Waals surface area contributed by atoms with Gasteiger partial charge in [0, 0.05) is 33.7 Å².